The standard InChI is InChI=1S/C18H20N6OS/c1-13-3-4-16(26-13)17(25)23-10-14(9-21-18-19-6-2-7-20-18)11-24-15(12-23)5-8-22-24/h2-8,14H,9-12H2,1H3,(H,19,20,21). The summed E-state index contributed by atoms with van der Waals surface area (Å²) in [5.41, 5.74) is 1.06. The molecule has 134 valence electrons. The Morgan fingerprint density at radius 2 is 2.08 bits per heavy atom. The summed E-state index contributed by atoms with van der Waals surface area (Å²) in [5.74, 6) is 0.896. The summed E-state index contributed by atoms with van der Waals surface area (Å²) < 4.78 is 1.99. The van der Waals surface area contributed by atoms with E-state index in [1.165, 1.54) is 0 Å². The molecule has 1 aliphatic rings. The van der Waals surface area contributed by atoms with Crippen LogP contribution in [0.2, 0.25) is 0 Å². The number of carbonyl (C=O) groups excluding carboxylic acids is 1. The minimum atomic E-state index is 0.0821. The quantitative estimate of drug-likeness (QED) is 0.765. The average Bonchev–Trinajstić information content (AvgIpc) is 3.24. The molecule has 1 N–H and O–H groups in total. The van der Waals surface area contributed by atoms with Crippen LogP contribution in [0.1, 0.15) is 20.2 Å². The summed E-state index contributed by atoms with van der Waals surface area (Å²) in [7, 11) is 0. The largest absolute Gasteiger partial charge is 0.354 e. The van der Waals surface area contributed by atoms with Gasteiger partial charge in [-0.25, -0.2) is 9.97 Å². The highest BCUT2D eigenvalue weighted by molar-refractivity contribution is 7.13. The first-order valence-corrected chi connectivity index (χ1v) is 9.38. The number of hydrogen-bond acceptors (Lipinski definition) is 6. The van der Waals surface area contributed by atoms with Crippen LogP contribution in [0.4, 0.5) is 5.95 Å². The molecule has 1 amide bonds. The molecule has 8 heteroatoms. The molecule has 0 fully saturated rings. The lowest BCUT2D eigenvalue weighted by Crippen LogP contribution is -2.35. The monoisotopic (exact) mass is 368 g/mol. The van der Waals surface area contributed by atoms with E-state index in [4.69, 9.17) is 0 Å². The summed E-state index contributed by atoms with van der Waals surface area (Å²) in [6, 6.07) is 7.67. The van der Waals surface area contributed by atoms with Crippen molar-refractivity contribution in [3.8, 4) is 0 Å². The van der Waals surface area contributed by atoms with Crippen molar-refractivity contribution in [2.24, 2.45) is 5.92 Å². The maximum absolute atomic E-state index is 13.0. The van der Waals surface area contributed by atoms with Gasteiger partial charge in [0.2, 0.25) is 5.95 Å². The lowest BCUT2D eigenvalue weighted by Gasteiger charge is -2.24. The first-order valence-electron chi connectivity index (χ1n) is 8.56. The van der Waals surface area contributed by atoms with Gasteiger partial charge in [-0.15, -0.1) is 11.3 Å². The number of rotatable bonds is 4. The summed E-state index contributed by atoms with van der Waals surface area (Å²) >= 11 is 1.54. The first-order chi connectivity index (χ1) is 12.7. The van der Waals surface area contributed by atoms with Gasteiger partial charge in [0, 0.05) is 49.0 Å². The van der Waals surface area contributed by atoms with E-state index in [1.54, 1.807) is 36.0 Å². The van der Waals surface area contributed by atoms with Crippen molar-refractivity contribution >= 4 is 23.2 Å². The molecule has 26 heavy (non-hydrogen) atoms. The lowest BCUT2D eigenvalue weighted by molar-refractivity contribution is 0.0729. The van der Waals surface area contributed by atoms with E-state index < -0.39 is 0 Å². The number of anilines is 1. The number of nitrogens with one attached hydrogen (secondary N) is 1. The van der Waals surface area contributed by atoms with Gasteiger partial charge in [-0.2, -0.15) is 5.10 Å². The van der Waals surface area contributed by atoms with Crippen LogP contribution in [0.15, 0.2) is 42.9 Å². The fourth-order valence-electron chi connectivity index (χ4n) is 3.15. The Balaban J connectivity index is 1.52. The molecule has 0 bridgehead atoms. The van der Waals surface area contributed by atoms with Gasteiger partial charge in [0.1, 0.15) is 0 Å². The molecule has 1 aliphatic heterocycles. The Bertz CT molecular complexity index is 890. The van der Waals surface area contributed by atoms with Crippen LogP contribution in [-0.2, 0) is 13.1 Å². The second-order valence-corrected chi connectivity index (χ2v) is 7.71. The molecule has 0 aromatic carbocycles. The van der Waals surface area contributed by atoms with Crippen LogP contribution in [0.5, 0.6) is 0 Å². The maximum atomic E-state index is 13.0. The number of aromatic nitrogens is 4. The van der Waals surface area contributed by atoms with E-state index in [-0.39, 0.29) is 11.8 Å². The summed E-state index contributed by atoms with van der Waals surface area (Å²) in [5, 5.41) is 7.68. The number of hydrogen-bond donors (Lipinski definition) is 1. The number of carbonyl (C=O) groups is 1. The molecule has 7 nitrogen and oxygen atoms in total. The molecule has 0 saturated heterocycles. The maximum Gasteiger partial charge on any atom is 0.264 e. The van der Waals surface area contributed by atoms with Gasteiger partial charge in [-0.1, -0.05) is 0 Å². The Labute approximate surface area is 155 Å². The molecule has 0 radical (unpaired) electrons. The molecule has 0 saturated carbocycles. The van der Waals surface area contributed by atoms with Gasteiger partial charge < -0.3 is 10.2 Å². The molecule has 0 spiro atoms. The Morgan fingerprint density at radius 1 is 1.23 bits per heavy atom. The van der Waals surface area contributed by atoms with Crippen LogP contribution < -0.4 is 5.32 Å². The van der Waals surface area contributed by atoms with E-state index in [0.29, 0.717) is 25.6 Å². The third kappa shape index (κ3) is 3.60. The van der Waals surface area contributed by atoms with Gasteiger partial charge >= 0.3 is 0 Å². The number of amides is 1. The number of aryl methyl sites for hydroxylation is 1. The molecular weight excluding hydrogens is 348 g/mol. The van der Waals surface area contributed by atoms with Crippen molar-refractivity contribution in [2.45, 2.75) is 20.0 Å². The zero-order valence-corrected chi connectivity index (χ0v) is 15.3. The van der Waals surface area contributed by atoms with E-state index in [9.17, 15) is 4.79 Å². The van der Waals surface area contributed by atoms with Crippen LogP contribution in [0.3, 0.4) is 0 Å². The molecule has 1 unspecified atom stereocenters. The first kappa shape index (κ1) is 16.7. The normalized spacial score (nSPS) is 16.8. The Hall–Kier alpha value is -2.74. The lowest BCUT2D eigenvalue weighted by atomic mass is 10.1. The number of nitrogens with zero attached hydrogens (tertiary/aromatic N) is 5. The number of thiophene rings is 1. The van der Waals surface area contributed by atoms with Gasteiger partial charge in [0.15, 0.2) is 0 Å². The predicted octanol–water partition coefficient (Wildman–Crippen LogP) is 2.43. The fraction of sp³-hybridized carbons (Fsp3) is 0.333. The smallest absolute Gasteiger partial charge is 0.264 e. The second kappa shape index (κ2) is 7.25. The SMILES string of the molecule is Cc1ccc(C(=O)N2Cc3ccnn3CC(CNc3ncccn3)C2)s1. The zero-order chi connectivity index (χ0) is 17.9. The summed E-state index contributed by atoms with van der Waals surface area (Å²) in [6.07, 6.45) is 5.22. The van der Waals surface area contributed by atoms with Gasteiger partial charge in [-0.3, -0.25) is 9.48 Å². The third-order valence-electron chi connectivity index (χ3n) is 4.42. The zero-order valence-electron chi connectivity index (χ0n) is 14.5. The van der Waals surface area contributed by atoms with Gasteiger partial charge in [0.05, 0.1) is 17.1 Å². The van der Waals surface area contributed by atoms with Crippen LogP contribution >= 0.6 is 11.3 Å². The topological polar surface area (TPSA) is 75.9 Å². The van der Waals surface area contributed by atoms with Gasteiger partial charge in [-0.05, 0) is 31.2 Å². The van der Waals surface area contributed by atoms with E-state index in [0.717, 1.165) is 22.0 Å². The van der Waals surface area contributed by atoms with E-state index in [1.807, 2.05) is 34.7 Å². The molecule has 1 atom stereocenters. The van der Waals surface area contributed by atoms with Crippen molar-refractivity contribution in [2.75, 3.05) is 18.4 Å². The van der Waals surface area contributed by atoms with Crippen molar-refractivity contribution in [3.05, 3.63) is 58.3 Å². The highest BCUT2D eigenvalue weighted by Crippen LogP contribution is 2.22. The van der Waals surface area contributed by atoms with Crippen LogP contribution in [0, 0.1) is 12.8 Å². The molecule has 4 rings (SSSR count). The van der Waals surface area contributed by atoms with E-state index in [2.05, 4.69) is 20.4 Å². The minimum absolute atomic E-state index is 0.0821. The summed E-state index contributed by atoms with van der Waals surface area (Å²) in [6.45, 7) is 4.70. The molecular formula is C18H20N6OS. The van der Waals surface area contributed by atoms with Crippen molar-refractivity contribution in [1.82, 2.24) is 24.6 Å². The number of fused-ring (bicyclic) bond motifs is 1. The minimum Gasteiger partial charge on any atom is -0.354 e. The van der Waals surface area contributed by atoms with Crippen molar-refractivity contribution in [3.63, 3.8) is 0 Å². The average molecular weight is 368 g/mol. The van der Waals surface area contributed by atoms with Crippen LogP contribution in [-0.4, -0.2) is 43.6 Å². The van der Waals surface area contributed by atoms with Crippen molar-refractivity contribution < 1.29 is 4.79 Å². The molecule has 3 aromatic rings. The Morgan fingerprint density at radius 3 is 2.85 bits per heavy atom. The summed E-state index contributed by atoms with van der Waals surface area (Å²) in [4.78, 5) is 25.2. The highest BCUT2D eigenvalue weighted by Gasteiger charge is 2.27. The van der Waals surface area contributed by atoms with Crippen molar-refractivity contribution in [1.29, 1.82) is 0 Å². The fourth-order valence-corrected chi connectivity index (χ4v) is 3.98. The van der Waals surface area contributed by atoms with E-state index >= 15 is 0 Å². The molecule has 3 aromatic heterocycles. The van der Waals surface area contributed by atoms with Gasteiger partial charge in [0.25, 0.3) is 5.91 Å². The van der Waals surface area contributed by atoms with Crippen LogP contribution in [0.25, 0.3) is 0 Å². The predicted molar refractivity (Wildman–Crippen MR) is 100 cm³/mol. The second-order valence-electron chi connectivity index (χ2n) is 6.42. The third-order valence-corrected chi connectivity index (χ3v) is 5.41. The molecule has 0 aliphatic carbocycles. The Kier molecular flexibility index (Phi) is 4.66. The molecule has 4 heterocycles. The highest BCUT2D eigenvalue weighted by atomic mass is 32.1.